The summed E-state index contributed by atoms with van der Waals surface area (Å²) in [6.07, 6.45) is 5.90. The molecule has 3 rings (SSSR count). The lowest BCUT2D eigenvalue weighted by Gasteiger charge is -2.15. The Morgan fingerprint density at radius 3 is 2.80 bits per heavy atom. The van der Waals surface area contributed by atoms with Crippen LogP contribution in [-0.4, -0.2) is 40.5 Å². The van der Waals surface area contributed by atoms with Crippen LogP contribution in [0.3, 0.4) is 0 Å². The van der Waals surface area contributed by atoms with Crippen LogP contribution in [0.25, 0.3) is 10.7 Å². The molecule has 0 spiro atoms. The van der Waals surface area contributed by atoms with Gasteiger partial charge in [-0.05, 0) is 31.7 Å². The zero-order valence-electron chi connectivity index (χ0n) is 15.0. The molecular weight excluding hydrogens is 354 g/mol. The molecule has 0 aromatic carbocycles. The van der Waals surface area contributed by atoms with E-state index in [1.165, 1.54) is 11.3 Å². The van der Waals surface area contributed by atoms with Crippen LogP contribution in [0.2, 0.25) is 25.7 Å². The standard InChI is InChI=1S/C17H25N3O3SSi/c1-25(2,3)9-8-23-11-20-10-12(17(21)22)15(19-20)16-18-13-6-4-5-7-14(13)24-16/h10H,4-9,11H2,1-3H3,(H,21,22). The van der Waals surface area contributed by atoms with Crippen LogP contribution in [0.15, 0.2) is 6.20 Å². The summed E-state index contributed by atoms with van der Waals surface area (Å²) in [4.78, 5) is 17.5. The number of thiazole rings is 1. The third-order valence-electron chi connectivity index (χ3n) is 4.26. The van der Waals surface area contributed by atoms with Crippen molar-refractivity contribution in [2.75, 3.05) is 6.61 Å². The van der Waals surface area contributed by atoms with E-state index >= 15 is 0 Å². The number of carbonyl (C=O) groups is 1. The molecule has 0 bridgehead atoms. The highest BCUT2D eigenvalue weighted by molar-refractivity contribution is 7.15. The molecule has 0 unspecified atom stereocenters. The molecule has 0 amide bonds. The molecular formula is C17H25N3O3SSi. The third-order valence-corrected chi connectivity index (χ3v) is 7.13. The van der Waals surface area contributed by atoms with E-state index in [2.05, 4.69) is 29.7 Å². The zero-order chi connectivity index (χ0) is 18.0. The second-order valence-corrected chi connectivity index (χ2v) is 14.4. The first-order valence-corrected chi connectivity index (χ1v) is 13.2. The van der Waals surface area contributed by atoms with Crippen LogP contribution in [0.5, 0.6) is 0 Å². The van der Waals surface area contributed by atoms with Gasteiger partial charge in [-0.3, -0.25) is 0 Å². The second-order valence-electron chi connectivity index (χ2n) is 7.68. The lowest BCUT2D eigenvalue weighted by Crippen LogP contribution is -2.22. The number of fused-ring (bicyclic) bond motifs is 1. The van der Waals surface area contributed by atoms with Crippen LogP contribution in [0.4, 0.5) is 0 Å². The van der Waals surface area contributed by atoms with Gasteiger partial charge in [-0.1, -0.05) is 19.6 Å². The molecule has 0 saturated heterocycles. The van der Waals surface area contributed by atoms with E-state index in [4.69, 9.17) is 4.74 Å². The fourth-order valence-electron chi connectivity index (χ4n) is 2.79. The van der Waals surface area contributed by atoms with Crippen molar-refractivity contribution in [2.24, 2.45) is 0 Å². The van der Waals surface area contributed by atoms with Gasteiger partial charge < -0.3 is 9.84 Å². The van der Waals surface area contributed by atoms with Crippen molar-refractivity contribution >= 4 is 25.4 Å². The number of aromatic carboxylic acids is 1. The van der Waals surface area contributed by atoms with E-state index in [-0.39, 0.29) is 12.3 Å². The fourth-order valence-corrected chi connectivity index (χ4v) is 4.70. The van der Waals surface area contributed by atoms with Crippen LogP contribution in [0.1, 0.15) is 33.8 Å². The molecule has 1 aliphatic rings. The lowest BCUT2D eigenvalue weighted by atomic mass is 10.0. The van der Waals surface area contributed by atoms with Crippen molar-refractivity contribution < 1.29 is 14.6 Å². The van der Waals surface area contributed by atoms with E-state index in [9.17, 15) is 9.90 Å². The molecule has 0 radical (unpaired) electrons. The van der Waals surface area contributed by atoms with Gasteiger partial charge in [0.1, 0.15) is 23.0 Å². The first-order chi connectivity index (χ1) is 11.8. The van der Waals surface area contributed by atoms with Crippen molar-refractivity contribution in [1.29, 1.82) is 0 Å². The minimum atomic E-state index is -1.13. The Balaban J connectivity index is 1.76. The first-order valence-electron chi connectivity index (χ1n) is 8.71. The summed E-state index contributed by atoms with van der Waals surface area (Å²) in [7, 11) is -1.13. The number of carboxylic acid groups (broad SMARTS) is 1. The summed E-state index contributed by atoms with van der Waals surface area (Å²) in [6.45, 7) is 7.86. The van der Waals surface area contributed by atoms with Crippen molar-refractivity contribution in [3.63, 3.8) is 0 Å². The number of hydrogen-bond acceptors (Lipinski definition) is 5. The first kappa shape index (κ1) is 18.3. The predicted octanol–water partition coefficient (Wildman–Crippen LogP) is 3.90. The van der Waals surface area contributed by atoms with Gasteiger partial charge in [0.2, 0.25) is 0 Å². The average molecular weight is 380 g/mol. The molecule has 1 N–H and O–H groups in total. The maximum Gasteiger partial charge on any atom is 0.339 e. The average Bonchev–Trinajstić information content (AvgIpc) is 3.14. The largest absolute Gasteiger partial charge is 0.478 e. The van der Waals surface area contributed by atoms with Gasteiger partial charge in [-0.25, -0.2) is 14.5 Å². The van der Waals surface area contributed by atoms with Gasteiger partial charge in [-0.15, -0.1) is 11.3 Å². The van der Waals surface area contributed by atoms with Crippen LogP contribution in [0, 0.1) is 0 Å². The Bertz CT molecular complexity index is 740. The van der Waals surface area contributed by atoms with Crippen LogP contribution >= 0.6 is 11.3 Å². The maximum atomic E-state index is 11.6. The Morgan fingerprint density at radius 1 is 1.36 bits per heavy atom. The van der Waals surface area contributed by atoms with Crippen molar-refractivity contribution in [3.8, 4) is 10.7 Å². The summed E-state index contributed by atoms with van der Waals surface area (Å²) >= 11 is 1.58. The summed E-state index contributed by atoms with van der Waals surface area (Å²) in [5.74, 6) is -0.975. The van der Waals surface area contributed by atoms with E-state index in [0.717, 1.165) is 31.0 Å². The monoisotopic (exact) mass is 379 g/mol. The number of aromatic nitrogens is 3. The highest BCUT2D eigenvalue weighted by Crippen LogP contribution is 2.33. The summed E-state index contributed by atoms with van der Waals surface area (Å²) in [5, 5.41) is 14.7. The van der Waals surface area contributed by atoms with Crippen molar-refractivity contribution in [2.45, 2.75) is 58.1 Å². The Morgan fingerprint density at radius 2 is 2.12 bits per heavy atom. The van der Waals surface area contributed by atoms with E-state index in [1.807, 2.05) is 0 Å². The molecule has 8 heteroatoms. The minimum absolute atomic E-state index is 0.194. The van der Waals surface area contributed by atoms with E-state index < -0.39 is 14.0 Å². The second kappa shape index (κ2) is 7.39. The number of rotatable bonds is 7. The fraction of sp³-hybridized carbons (Fsp3) is 0.588. The number of carboxylic acids is 1. The molecule has 136 valence electrons. The lowest BCUT2D eigenvalue weighted by molar-refractivity contribution is 0.0693. The van der Waals surface area contributed by atoms with E-state index in [1.54, 1.807) is 22.2 Å². The van der Waals surface area contributed by atoms with Crippen molar-refractivity contribution in [1.82, 2.24) is 14.8 Å². The number of ether oxygens (including phenoxy) is 1. The highest BCUT2D eigenvalue weighted by atomic mass is 32.1. The molecule has 2 aromatic rings. The molecule has 25 heavy (non-hydrogen) atoms. The smallest absolute Gasteiger partial charge is 0.339 e. The van der Waals surface area contributed by atoms with Gasteiger partial charge in [0, 0.05) is 25.8 Å². The predicted molar refractivity (Wildman–Crippen MR) is 101 cm³/mol. The normalized spacial score (nSPS) is 14.5. The molecule has 0 saturated carbocycles. The summed E-state index contributed by atoms with van der Waals surface area (Å²) in [5.41, 5.74) is 1.77. The zero-order valence-corrected chi connectivity index (χ0v) is 16.9. The van der Waals surface area contributed by atoms with Gasteiger partial charge in [0.05, 0.1) is 5.69 Å². The molecule has 0 aliphatic heterocycles. The molecule has 0 atom stereocenters. The summed E-state index contributed by atoms with van der Waals surface area (Å²) < 4.78 is 7.26. The van der Waals surface area contributed by atoms with Gasteiger partial charge in [-0.2, -0.15) is 5.10 Å². The molecule has 0 fully saturated rings. The van der Waals surface area contributed by atoms with E-state index in [0.29, 0.717) is 17.3 Å². The van der Waals surface area contributed by atoms with Gasteiger partial charge >= 0.3 is 5.97 Å². The highest BCUT2D eigenvalue weighted by Gasteiger charge is 2.23. The molecule has 1 aliphatic carbocycles. The van der Waals surface area contributed by atoms with Gasteiger partial charge in [0.15, 0.2) is 0 Å². The van der Waals surface area contributed by atoms with Gasteiger partial charge in [0.25, 0.3) is 0 Å². The molecule has 6 nitrogen and oxygen atoms in total. The Kier molecular flexibility index (Phi) is 5.40. The maximum absolute atomic E-state index is 11.6. The SMILES string of the molecule is C[Si](C)(C)CCOCn1cc(C(=O)O)c(-c2nc3c(s2)CCCC3)n1. The topological polar surface area (TPSA) is 77.2 Å². The molecule has 2 aromatic heterocycles. The number of hydrogen-bond donors (Lipinski definition) is 1. The van der Waals surface area contributed by atoms with Crippen LogP contribution in [-0.2, 0) is 24.3 Å². The third kappa shape index (κ3) is 4.56. The number of nitrogens with zero attached hydrogens (tertiary/aromatic N) is 3. The Labute approximate surface area is 152 Å². The van der Waals surface area contributed by atoms with Crippen molar-refractivity contribution in [3.05, 3.63) is 22.3 Å². The minimum Gasteiger partial charge on any atom is -0.478 e. The quantitative estimate of drug-likeness (QED) is 0.583. The Hall–Kier alpha value is -1.51. The summed E-state index contributed by atoms with van der Waals surface area (Å²) in [6, 6.07) is 1.08. The number of aryl methyl sites for hydroxylation is 2. The van der Waals surface area contributed by atoms with Crippen LogP contribution < -0.4 is 0 Å². The molecule has 2 heterocycles.